The third kappa shape index (κ3) is 8.80. The lowest BCUT2D eigenvalue weighted by Gasteiger charge is -2.34. The molecule has 0 saturated carbocycles. The topological polar surface area (TPSA) is 9.23 Å². The summed E-state index contributed by atoms with van der Waals surface area (Å²) in [6, 6.07) is 28.2. The van der Waals surface area contributed by atoms with Crippen molar-refractivity contribution in [3.8, 4) is 34.6 Å². The average molecular weight is 493 g/mol. The average Bonchev–Trinajstić information content (AvgIpc) is 3.07. The minimum atomic E-state index is 0.0619. The SMILES string of the molecule is C#CC.CB1CC(C)(C)C(C)(C)O1.CCC/C=C(\C)c1cccc(-c2cccc(-c3ccccc3)c2)c1. The number of unbranched alkanes of at least 4 members (excludes halogenated alkanes) is 1. The van der Waals surface area contributed by atoms with Crippen LogP contribution in [0.2, 0.25) is 13.1 Å². The molecule has 1 saturated heterocycles. The van der Waals surface area contributed by atoms with E-state index in [4.69, 9.17) is 4.65 Å². The Labute approximate surface area is 227 Å². The van der Waals surface area contributed by atoms with Gasteiger partial charge in [0.25, 0.3) is 6.92 Å². The Balaban J connectivity index is 0.000000308. The second kappa shape index (κ2) is 14.1. The molecule has 0 aliphatic carbocycles. The first-order valence-corrected chi connectivity index (χ1v) is 13.5. The molecule has 0 amide bonds. The van der Waals surface area contributed by atoms with E-state index in [2.05, 4.69) is 146 Å². The molecule has 1 aliphatic rings. The van der Waals surface area contributed by atoms with E-state index in [-0.39, 0.29) is 5.60 Å². The van der Waals surface area contributed by atoms with Crippen molar-refractivity contribution in [3.05, 3.63) is 90.5 Å². The van der Waals surface area contributed by atoms with Crippen molar-refractivity contribution in [2.45, 2.75) is 80.1 Å². The van der Waals surface area contributed by atoms with Gasteiger partial charge in [-0.2, -0.15) is 0 Å². The predicted molar refractivity (Wildman–Crippen MR) is 166 cm³/mol. The molecule has 3 aromatic carbocycles. The van der Waals surface area contributed by atoms with Crippen LogP contribution in [0.1, 0.15) is 66.9 Å². The van der Waals surface area contributed by atoms with Crippen LogP contribution in [-0.4, -0.2) is 12.5 Å². The van der Waals surface area contributed by atoms with Gasteiger partial charge in [0.15, 0.2) is 0 Å². The molecule has 1 heterocycles. The summed E-state index contributed by atoms with van der Waals surface area (Å²) in [5, 5.41) is 0. The van der Waals surface area contributed by atoms with Crippen LogP contribution in [0.25, 0.3) is 27.8 Å². The minimum absolute atomic E-state index is 0.0619. The van der Waals surface area contributed by atoms with Crippen molar-refractivity contribution in [2.75, 3.05) is 0 Å². The Morgan fingerprint density at radius 2 is 1.41 bits per heavy atom. The van der Waals surface area contributed by atoms with E-state index in [1.165, 1.54) is 46.1 Å². The number of allylic oxidation sites excluding steroid dienone is 2. The molecular weight excluding hydrogens is 447 g/mol. The fourth-order valence-corrected chi connectivity index (χ4v) is 4.60. The van der Waals surface area contributed by atoms with Crippen molar-refractivity contribution in [1.29, 1.82) is 0 Å². The normalized spacial score (nSPS) is 15.5. The van der Waals surface area contributed by atoms with Crippen LogP contribution >= 0.6 is 0 Å². The Kier molecular flexibility index (Phi) is 11.5. The van der Waals surface area contributed by atoms with Gasteiger partial charge in [-0.05, 0) is 91.4 Å². The number of hydrogen-bond donors (Lipinski definition) is 0. The van der Waals surface area contributed by atoms with Gasteiger partial charge in [-0.1, -0.05) is 107 Å². The van der Waals surface area contributed by atoms with Gasteiger partial charge in [-0.3, -0.25) is 0 Å². The summed E-state index contributed by atoms with van der Waals surface area (Å²) in [6.45, 7) is 17.6. The molecule has 2 heteroatoms. The van der Waals surface area contributed by atoms with Gasteiger partial charge in [0, 0.05) is 0 Å². The van der Waals surface area contributed by atoms with Gasteiger partial charge in [0.1, 0.15) is 0 Å². The molecule has 3 aromatic rings. The summed E-state index contributed by atoms with van der Waals surface area (Å²) in [6.07, 6.45) is 10.4. The van der Waals surface area contributed by atoms with Gasteiger partial charge >= 0.3 is 0 Å². The molecular formula is C35H45BO. The second-order valence-corrected chi connectivity index (χ2v) is 11.0. The van der Waals surface area contributed by atoms with E-state index in [0.717, 1.165) is 6.42 Å². The van der Waals surface area contributed by atoms with Crippen LogP contribution < -0.4 is 0 Å². The molecule has 1 aliphatic heterocycles. The first-order valence-electron chi connectivity index (χ1n) is 13.5. The highest BCUT2D eigenvalue weighted by Crippen LogP contribution is 2.44. The molecule has 4 rings (SSSR count). The van der Waals surface area contributed by atoms with E-state index in [1.54, 1.807) is 6.92 Å². The summed E-state index contributed by atoms with van der Waals surface area (Å²) >= 11 is 0. The zero-order valence-electron chi connectivity index (χ0n) is 24.3. The highest BCUT2D eigenvalue weighted by Gasteiger charge is 2.47. The molecule has 1 nitrogen and oxygen atoms in total. The maximum atomic E-state index is 5.76. The number of hydrogen-bond acceptors (Lipinski definition) is 1. The summed E-state index contributed by atoms with van der Waals surface area (Å²) < 4.78 is 5.76. The molecule has 37 heavy (non-hydrogen) atoms. The number of benzene rings is 3. The lowest BCUT2D eigenvalue weighted by atomic mass is 9.60. The van der Waals surface area contributed by atoms with Crippen LogP contribution in [0.4, 0.5) is 0 Å². The molecule has 0 radical (unpaired) electrons. The zero-order valence-corrected chi connectivity index (χ0v) is 24.3. The fourth-order valence-electron chi connectivity index (χ4n) is 4.60. The van der Waals surface area contributed by atoms with Crippen LogP contribution in [0.15, 0.2) is 84.9 Å². The first-order chi connectivity index (χ1) is 17.5. The predicted octanol–water partition coefficient (Wildman–Crippen LogP) is 10.3. The Morgan fingerprint density at radius 3 is 1.89 bits per heavy atom. The van der Waals surface area contributed by atoms with Crippen molar-refractivity contribution in [2.24, 2.45) is 5.41 Å². The fraction of sp³-hybridized carbons (Fsp3) is 0.371. The third-order valence-corrected chi connectivity index (χ3v) is 7.28. The molecule has 0 atom stereocenters. The third-order valence-electron chi connectivity index (χ3n) is 7.28. The van der Waals surface area contributed by atoms with Crippen LogP contribution in [0.3, 0.4) is 0 Å². The Hall–Kier alpha value is -3.02. The van der Waals surface area contributed by atoms with Crippen LogP contribution in [-0.2, 0) is 4.65 Å². The van der Waals surface area contributed by atoms with Crippen molar-refractivity contribution in [1.82, 2.24) is 0 Å². The van der Waals surface area contributed by atoms with Crippen molar-refractivity contribution < 1.29 is 4.65 Å². The highest BCUT2D eigenvalue weighted by atomic mass is 16.5. The summed E-state index contributed by atoms with van der Waals surface area (Å²) in [5.74, 6) is 2.25. The maximum Gasteiger partial charge on any atom is 0.291 e. The molecule has 194 valence electrons. The van der Waals surface area contributed by atoms with E-state index >= 15 is 0 Å². The van der Waals surface area contributed by atoms with E-state index < -0.39 is 0 Å². The number of rotatable bonds is 5. The summed E-state index contributed by atoms with van der Waals surface area (Å²) in [5.41, 5.74) is 8.13. The standard InChI is InChI=1S/C24H24.C8H17BO.C3H4/c1-3-4-10-19(2)21-13-8-15-23(17-21)24-16-9-14-22(18-24)20-11-6-5-7-12-20;1-7(2)6-9(5)10-8(7,3)4;1-3-2/h5-18H,3-4H2,1-2H3;6H2,1-5H3;1H,2H3/b19-10+;;. The largest absolute Gasteiger partial charge is 0.431 e. The van der Waals surface area contributed by atoms with Gasteiger partial charge in [-0.15, -0.1) is 12.3 Å². The zero-order chi connectivity index (χ0) is 27.5. The first kappa shape index (κ1) is 30.2. The van der Waals surface area contributed by atoms with Gasteiger partial charge in [0.2, 0.25) is 0 Å². The molecule has 1 fully saturated rings. The summed E-state index contributed by atoms with van der Waals surface area (Å²) in [4.78, 5) is 0. The van der Waals surface area contributed by atoms with Gasteiger partial charge in [0.05, 0.1) is 5.60 Å². The monoisotopic (exact) mass is 492 g/mol. The van der Waals surface area contributed by atoms with Gasteiger partial charge in [-0.25, -0.2) is 0 Å². The van der Waals surface area contributed by atoms with E-state index in [0.29, 0.717) is 12.3 Å². The maximum absolute atomic E-state index is 5.76. The molecule has 0 bridgehead atoms. The smallest absolute Gasteiger partial charge is 0.291 e. The second-order valence-electron chi connectivity index (χ2n) is 11.0. The lowest BCUT2D eigenvalue weighted by molar-refractivity contribution is 0.0368. The highest BCUT2D eigenvalue weighted by molar-refractivity contribution is 6.51. The molecule has 0 aromatic heterocycles. The minimum Gasteiger partial charge on any atom is -0.431 e. The number of terminal acetylenes is 1. The lowest BCUT2D eigenvalue weighted by Crippen LogP contribution is -2.34. The van der Waals surface area contributed by atoms with Crippen molar-refractivity contribution in [3.63, 3.8) is 0 Å². The van der Waals surface area contributed by atoms with Gasteiger partial charge < -0.3 is 4.65 Å². The van der Waals surface area contributed by atoms with E-state index in [1.807, 2.05) is 0 Å². The van der Waals surface area contributed by atoms with Crippen LogP contribution in [0.5, 0.6) is 0 Å². The molecule has 0 spiro atoms. The summed E-state index contributed by atoms with van der Waals surface area (Å²) in [7, 11) is 0. The molecule has 0 unspecified atom stereocenters. The quantitative estimate of drug-likeness (QED) is 0.254. The molecule has 0 N–H and O–H groups in total. The van der Waals surface area contributed by atoms with Crippen LogP contribution in [0, 0.1) is 17.8 Å². The Morgan fingerprint density at radius 1 is 0.892 bits per heavy atom. The Bertz CT molecular complexity index is 1170. The van der Waals surface area contributed by atoms with Crippen molar-refractivity contribution >= 4 is 12.5 Å². The van der Waals surface area contributed by atoms with E-state index in [9.17, 15) is 0 Å².